The molecule has 1 unspecified atom stereocenters. The molecule has 7 heteroatoms. The summed E-state index contributed by atoms with van der Waals surface area (Å²) in [5.41, 5.74) is 6.50. The van der Waals surface area contributed by atoms with E-state index in [4.69, 9.17) is 4.98 Å². The van der Waals surface area contributed by atoms with Crippen LogP contribution in [0.4, 0.5) is 4.39 Å². The molecule has 1 amide bonds. The second-order valence-corrected chi connectivity index (χ2v) is 11.0. The van der Waals surface area contributed by atoms with Gasteiger partial charge in [-0.1, -0.05) is 30.3 Å². The van der Waals surface area contributed by atoms with Crippen molar-refractivity contribution in [2.24, 2.45) is 5.92 Å². The lowest BCUT2D eigenvalue weighted by atomic mass is 9.93. The van der Waals surface area contributed by atoms with Gasteiger partial charge in [-0.15, -0.1) is 0 Å². The van der Waals surface area contributed by atoms with Gasteiger partial charge in [-0.25, -0.2) is 9.37 Å². The van der Waals surface area contributed by atoms with Gasteiger partial charge < -0.3 is 14.4 Å². The maximum absolute atomic E-state index is 15.2. The minimum atomic E-state index is -0.832. The number of carboxylic acids is 1. The van der Waals surface area contributed by atoms with E-state index in [-0.39, 0.29) is 17.9 Å². The molecule has 1 N–H and O–H groups in total. The smallest absolute Gasteiger partial charge is 0.307 e. The summed E-state index contributed by atoms with van der Waals surface area (Å²) < 4.78 is 17.1. The van der Waals surface area contributed by atoms with Crippen LogP contribution < -0.4 is 0 Å². The Bertz CT molecular complexity index is 1620. The van der Waals surface area contributed by atoms with Gasteiger partial charge in [0.15, 0.2) is 0 Å². The molecule has 0 bridgehead atoms. The van der Waals surface area contributed by atoms with Gasteiger partial charge in [-0.05, 0) is 84.9 Å². The van der Waals surface area contributed by atoms with Crippen LogP contribution in [-0.2, 0) is 11.2 Å². The molecule has 0 spiro atoms. The van der Waals surface area contributed by atoms with E-state index < -0.39 is 17.7 Å². The summed E-state index contributed by atoms with van der Waals surface area (Å²) in [7, 11) is 0. The Morgan fingerprint density at radius 1 is 1.05 bits per heavy atom. The molecule has 1 aliphatic heterocycles. The van der Waals surface area contributed by atoms with Crippen LogP contribution in [0.1, 0.15) is 76.7 Å². The molecule has 192 valence electrons. The van der Waals surface area contributed by atoms with Crippen LogP contribution in [0, 0.1) is 11.7 Å². The van der Waals surface area contributed by atoms with Gasteiger partial charge in [0, 0.05) is 24.5 Å². The first-order valence-corrected chi connectivity index (χ1v) is 13.3. The van der Waals surface area contributed by atoms with E-state index in [2.05, 4.69) is 19.1 Å². The zero-order valence-electron chi connectivity index (χ0n) is 21.1. The normalized spacial score (nSPS) is 22.4. The van der Waals surface area contributed by atoms with Crippen molar-refractivity contribution < 1.29 is 19.1 Å². The van der Waals surface area contributed by atoms with Crippen LogP contribution in [0.15, 0.2) is 60.9 Å². The third-order valence-electron chi connectivity index (χ3n) is 8.50. The second kappa shape index (κ2) is 8.51. The summed E-state index contributed by atoms with van der Waals surface area (Å²) in [6.45, 7) is 2.75. The van der Waals surface area contributed by atoms with Crippen molar-refractivity contribution in [3.8, 4) is 11.3 Å². The van der Waals surface area contributed by atoms with Crippen LogP contribution in [-0.4, -0.2) is 37.8 Å². The van der Waals surface area contributed by atoms with Crippen molar-refractivity contribution in [2.45, 2.75) is 50.5 Å². The van der Waals surface area contributed by atoms with Crippen LogP contribution >= 0.6 is 0 Å². The minimum Gasteiger partial charge on any atom is -0.481 e. The molecule has 38 heavy (non-hydrogen) atoms. The number of nitrogens with zero attached hydrogens (tertiary/aromatic N) is 3. The van der Waals surface area contributed by atoms with Gasteiger partial charge in [0.25, 0.3) is 5.91 Å². The van der Waals surface area contributed by atoms with Crippen LogP contribution in [0.2, 0.25) is 0 Å². The number of aliphatic carboxylic acids is 1. The van der Waals surface area contributed by atoms with Gasteiger partial charge in [-0.2, -0.15) is 0 Å². The highest BCUT2D eigenvalue weighted by Crippen LogP contribution is 2.48. The van der Waals surface area contributed by atoms with E-state index in [1.54, 1.807) is 12.3 Å². The Hall–Kier alpha value is -4.00. The lowest BCUT2D eigenvalue weighted by Crippen LogP contribution is -2.39. The highest BCUT2D eigenvalue weighted by atomic mass is 19.1. The van der Waals surface area contributed by atoms with E-state index >= 15 is 4.39 Å². The zero-order valence-corrected chi connectivity index (χ0v) is 21.1. The average molecular weight is 510 g/mol. The molecule has 3 aliphatic rings. The molecule has 3 heterocycles. The van der Waals surface area contributed by atoms with Gasteiger partial charge in [0.05, 0.1) is 23.2 Å². The van der Waals surface area contributed by atoms with Crippen LogP contribution in [0.3, 0.4) is 0 Å². The fourth-order valence-corrected chi connectivity index (χ4v) is 6.09. The van der Waals surface area contributed by atoms with Gasteiger partial charge in [0.1, 0.15) is 11.5 Å². The quantitative estimate of drug-likeness (QED) is 0.360. The molecule has 2 fully saturated rings. The lowest BCUT2D eigenvalue weighted by molar-refractivity contribution is -0.138. The maximum atomic E-state index is 15.2. The van der Waals surface area contributed by atoms with Gasteiger partial charge >= 0.3 is 5.97 Å². The maximum Gasteiger partial charge on any atom is 0.307 e. The predicted molar refractivity (Wildman–Crippen MR) is 141 cm³/mol. The monoisotopic (exact) mass is 509 g/mol. The Labute approximate surface area is 219 Å². The number of rotatable bonds is 5. The first kappa shape index (κ1) is 23.1. The third-order valence-corrected chi connectivity index (χ3v) is 8.50. The molecule has 3 atom stereocenters. The Balaban J connectivity index is 1.23. The Morgan fingerprint density at radius 3 is 2.61 bits per heavy atom. The third kappa shape index (κ3) is 3.80. The summed E-state index contributed by atoms with van der Waals surface area (Å²) >= 11 is 0. The van der Waals surface area contributed by atoms with Crippen molar-refractivity contribution >= 4 is 17.5 Å². The van der Waals surface area contributed by atoms with Gasteiger partial charge in [0.2, 0.25) is 0 Å². The minimum absolute atomic E-state index is 0.000922. The molecule has 2 aliphatic carbocycles. The number of carbonyl (C=O) groups excluding carboxylic acids is 1. The molecular weight excluding hydrogens is 481 g/mol. The molecule has 7 rings (SSSR count). The SMILES string of the molecule is C[C@@H]1c2ccccc2CCN1C(=O)c1cc(C2CC2)c2nc(-c3ccc(C4C[C@@H]4C(=O)O)cc3F)cn2c1. The summed E-state index contributed by atoms with van der Waals surface area (Å²) in [6, 6.07) is 15.2. The van der Waals surface area contributed by atoms with E-state index in [1.165, 1.54) is 17.2 Å². The molecule has 0 saturated heterocycles. The number of halogens is 1. The molecule has 2 saturated carbocycles. The van der Waals surface area contributed by atoms with E-state index in [0.717, 1.165) is 30.5 Å². The van der Waals surface area contributed by atoms with E-state index in [0.29, 0.717) is 41.3 Å². The van der Waals surface area contributed by atoms with Crippen molar-refractivity contribution in [1.82, 2.24) is 14.3 Å². The number of aromatic nitrogens is 2. The molecule has 0 radical (unpaired) electrons. The van der Waals surface area contributed by atoms with Crippen LogP contribution in [0.5, 0.6) is 0 Å². The molecule has 2 aromatic heterocycles. The molecule has 2 aromatic carbocycles. The number of fused-ring (bicyclic) bond motifs is 2. The number of hydrogen-bond acceptors (Lipinski definition) is 3. The fraction of sp³-hybridized carbons (Fsp3) is 0.323. The summed E-state index contributed by atoms with van der Waals surface area (Å²) in [6.07, 6.45) is 7.10. The Kier molecular flexibility index (Phi) is 5.18. The topological polar surface area (TPSA) is 74.9 Å². The highest BCUT2D eigenvalue weighted by Gasteiger charge is 2.44. The van der Waals surface area contributed by atoms with Crippen molar-refractivity contribution in [3.63, 3.8) is 0 Å². The summed E-state index contributed by atoms with van der Waals surface area (Å²) in [5, 5.41) is 9.21. The summed E-state index contributed by atoms with van der Waals surface area (Å²) in [4.78, 5) is 31.7. The number of imidazole rings is 1. The average Bonchev–Trinajstić information content (AvgIpc) is 3.84. The van der Waals surface area contributed by atoms with Gasteiger partial charge in [-0.3, -0.25) is 9.59 Å². The largest absolute Gasteiger partial charge is 0.481 e. The lowest BCUT2D eigenvalue weighted by Gasteiger charge is -2.35. The number of carboxylic acid groups (broad SMARTS) is 1. The second-order valence-electron chi connectivity index (χ2n) is 11.0. The fourth-order valence-electron chi connectivity index (χ4n) is 6.09. The first-order chi connectivity index (χ1) is 18.4. The number of hydrogen-bond donors (Lipinski definition) is 1. The number of pyridine rings is 1. The molecule has 6 nitrogen and oxygen atoms in total. The van der Waals surface area contributed by atoms with Crippen molar-refractivity contribution in [1.29, 1.82) is 0 Å². The van der Waals surface area contributed by atoms with Crippen molar-refractivity contribution in [2.75, 3.05) is 6.54 Å². The zero-order chi connectivity index (χ0) is 26.1. The van der Waals surface area contributed by atoms with E-state index in [1.807, 2.05) is 39.8 Å². The van der Waals surface area contributed by atoms with E-state index in [9.17, 15) is 14.7 Å². The summed E-state index contributed by atoms with van der Waals surface area (Å²) in [5.74, 6) is -1.44. The number of carbonyl (C=O) groups is 2. The number of amides is 1. The van der Waals surface area contributed by atoms with Crippen LogP contribution in [0.25, 0.3) is 16.9 Å². The molecular formula is C31H28FN3O3. The molecule has 4 aromatic rings. The highest BCUT2D eigenvalue weighted by molar-refractivity contribution is 5.95. The Morgan fingerprint density at radius 2 is 1.87 bits per heavy atom. The van der Waals surface area contributed by atoms with Crippen molar-refractivity contribution in [3.05, 3.63) is 94.6 Å². The number of benzene rings is 2. The standard InChI is InChI=1S/C31H28FN3O3/c1-17-22-5-3-2-4-18(22)10-11-35(17)30(36)21-12-25(19-6-7-19)29-33-28(16-34(29)15-21)23-9-8-20(13-27(23)32)24-14-26(24)31(37)38/h2-5,8-9,12-13,15-17,19,24,26H,6-7,10-11,14H2,1H3,(H,37,38)/t17-,24?,26+/m1/s1. The predicted octanol–water partition coefficient (Wildman–Crippen LogP) is 5.97. The first-order valence-electron chi connectivity index (χ1n) is 13.3.